The first-order valence-electron chi connectivity index (χ1n) is 6.59. The van der Waals surface area contributed by atoms with Gasteiger partial charge in [-0.05, 0) is 44.4 Å². The molecule has 0 unspecified atom stereocenters. The summed E-state index contributed by atoms with van der Waals surface area (Å²) >= 11 is 1.41. The SMILES string of the molecule is CCOC(=O)c1sc(-c2ccc(C)cc2C)c(C)c1N. The first-order chi connectivity index (χ1) is 9.45. The van der Waals surface area contributed by atoms with Crippen molar-refractivity contribution in [2.24, 2.45) is 0 Å². The molecule has 2 N–H and O–H groups in total. The van der Waals surface area contributed by atoms with Crippen molar-refractivity contribution in [1.82, 2.24) is 0 Å². The van der Waals surface area contributed by atoms with E-state index in [1.807, 2.05) is 6.92 Å². The summed E-state index contributed by atoms with van der Waals surface area (Å²) in [5, 5.41) is 0. The molecule has 0 saturated carbocycles. The van der Waals surface area contributed by atoms with E-state index in [1.54, 1.807) is 6.92 Å². The molecule has 0 aliphatic heterocycles. The van der Waals surface area contributed by atoms with Gasteiger partial charge in [-0.3, -0.25) is 0 Å². The summed E-state index contributed by atoms with van der Waals surface area (Å²) in [6.45, 7) is 8.23. The Kier molecular flexibility index (Phi) is 4.14. The van der Waals surface area contributed by atoms with Crippen LogP contribution in [0.2, 0.25) is 0 Å². The van der Waals surface area contributed by atoms with Crippen LogP contribution in [-0.4, -0.2) is 12.6 Å². The van der Waals surface area contributed by atoms with Crippen LogP contribution in [0.5, 0.6) is 0 Å². The standard InChI is InChI=1S/C16H19NO2S/c1-5-19-16(18)15-13(17)11(4)14(20-15)12-7-6-9(2)8-10(12)3/h6-8H,5,17H2,1-4H3. The minimum Gasteiger partial charge on any atom is -0.462 e. The first-order valence-corrected chi connectivity index (χ1v) is 7.41. The van der Waals surface area contributed by atoms with Crippen LogP contribution in [0.25, 0.3) is 10.4 Å². The monoisotopic (exact) mass is 289 g/mol. The Balaban J connectivity index is 2.53. The number of nitrogen functional groups attached to an aromatic ring is 1. The van der Waals surface area contributed by atoms with Crippen LogP contribution in [0, 0.1) is 20.8 Å². The second kappa shape index (κ2) is 5.67. The van der Waals surface area contributed by atoms with Crippen LogP contribution in [-0.2, 0) is 4.74 Å². The molecule has 0 spiro atoms. The fourth-order valence-electron chi connectivity index (χ4n) is 2.20. The number of aryl methyl sites for hydroxylation is 2. The third kappa shape index (κ3) is 2.56. The largest absolute Gasteiger partial charge is 0.462 e. The van der Waals surface area contributed by atoms with Gasteiger partial charge in [-0.1, -0.05) is 23.8 Å². The molecule has 0 bridgehead atoms. The number of hydrogen-bond acceptors (Lipinski definition) is 4. The Labute approximate surface area is 123 Å². The fourth-order valence-corrected chi connectivity index (χ4v) is 3.41. The fraction of sp³-hybridized carbons (Fsp3) is 0.312. The molecule has 4 heteroatoms. The molecule has 2 rings (SSSR count). The Bertz CT molecular complexity index is 659. The maximum Gasteiger partial charge on any atom is 0.350 e. The molecule has 0 fully saturated rings. The summed E-state index contributed by atoms with van der Waals surface area (Å²) in [7, 11) is 0. The van der Waals surface area contributed by atoms with Crippen LogP contribution in [0.1, 0.15) is 33.3 Å². The summed E-state index contributed by atoms with van der Waals surface area (Å²) in [6.07, 6.45) is 0. The summed E-state index contributed by atoms with van der Waals surface area (Å²) in [4.78, 5) is 13.5. The summed E-state index contributed by atoms with van der Waals surface area (Å²) in [5.74, 6) is -0.339. The van der Waals surface area contributed by atoms with E-state index in [0.717, 1.165) is 16.0 Å². The van der Waals surface area contributed by atoms with Gasteiger partial charge in [0.05, 0.1) is 12.3 Å². The van der Waals surface area contributed by atoms with E-state index in [4.69, 9.17) is 10.5 Å². The Morgan fingerprint density at radius 2 is 2.00 bits per heavy atom. The zero-order valence-corrected chi connectivity index (χ0v) is 13.1. The van der Waals surface area contributed by atoms with E-state index in [9.17, 15) is 4.79 Å². The molecule has 106 valence electrons. The van der Waals surface area contributed by atoms with Crippen molar-refractivity contribution in [2.45, 2.75) is 27.7 Å². The lowest BCUT2D eigenvalue weighted by molar-refractivity contribution is 0.0533. The van der Waals surface area contributed by atoms with Gasteiger partial charge in [0.25, 0.3) is 0 Å². The van der Waals surface area contributed by atoms with Crippen molar-refractivity contribution in [3.63, 3.8) is 0 Å². The van der Waals surface area contributed by atoms with Crippen molar-refractivity contribution in [1.29, 1.82) is 0 Å². The van der Waals surface area contributed by atoms with E-state index in [1.165, 1.54) is 22.5 Å². The van der Waals surface area contributed by atoms with Gasteiger partial charge < -0.3 is 10.5 Å². The number of benzene rings is 1. The molecule has 1 heterocycles. The number of ether oxygens (including phenoxy) is 1. The van der Waals surface area contributed by atoms with Crippen molar-refractivity contribution < 1.29 is 9.53 Å². The van der Waals surface area contributed by atoms with Crippen LogP contribution in [0.4, 0.5) is 5.69 Å². The van der Waals surface area contributed by atoms with E-state index in [2.05, 4.69) is 32.0 Å². The quantitative estimate of drug-likeness (QED) is 0.865. The molecule has 2 aromatic rings. The number of carbonyl (C=O) groups excluding carboxylic acids is 1. The molecule has 0 saturated heterocycles. The number of carbonyl (C=O) groups is 1. The molecular weight excluding hydrogens is 270 g/mol. The molecule has 0 aliphatic carbocycles. The average Bonchev–Trinajstić information content (AvgIpc) is 2.67. The Morgan fingerprint density at radius 3 is 2.60 bits per heavy atom. The minimum absolute atomic E-state index is 0.339. The lowest BCUT2D eigenvalue weighted by atomic mass is 10.0. The zero-order valence-electron chi connectivity index (χ0n) is 12.2. The van der Waals surface area contributed by atoms with Crippen molar-refractivity contribution in [3.8, 4) is 10.4 Å². The maximum atomic E-state index is 11.9. The van der Waals surface area contributed by atoms with E-state index in [-0.39, 0.29) is 5.97 Å². The molecular formula is C16H19NO2S. The second-order valence-corrected chi connectivity index (χ2v) is 5.86. The highest BCUT2D eigenvalue weighted by molar-refractivity contribution is 7.18. The summed E-state index contributed by atoms with van der Waals surface area (Å²) in [6, 6.07) is 6.29. The third-order valence-corrected chi connectivity index (χ3v) is 4.60. The molecule has 1 aromatic carbocycles. The smallest absolute Gasteiger partial charge is 0.350 e. The normalized spacial score (nSPS) is 10.6. The number of hydrogen-bond donors (Lipinski definition) is 1. The van der Waals surface area contributed by atoms with Crippen LogP contribution < -0.4 is 5.73 Å². The van der Waals surface area contributed by atoms with Crippen molar-refractivity contribution in [3.05, 3.63) is 39.8 Å². The van der Waals surface area contributed by atoms with E-state index < -0.39 is 0 Å². The predicted octanol–water partition coefficient (Wildman–Crippen LogP) is 4.10. The lowest BCUT2D eigenvalue weighted by Crippen LogP contribution is -2.05. The van der Waals surface area contributed by atoms with Gasteiger partial charge in [-0.25, -0.2) is 4.79 Å². The Hall–Kier alpha value is -1.81. The van der Waals surface area contributed by atoms with Gasteiger partial charge in [-0.15, -0.1) is 11.3 Å². The van der Waals surface area contributed by atoms with Crippen LogP contribution in [0.15, 0.2) is 18.2 Å². The Morgan fingerprint density at radius 1 is 1.30 bits per heavy atom. The molecule has 0 aliphatic rings. The van der Waals surface area contributed by atoms with Crippen molar-refractivity contribution in [2.75, 3.05) is 12.3 Å². The van der Waals surface area contributed by atoms with E-state index in [0.29, 0.717) is 17.2 Å². The number of thiophene rings is 1. The molecule has 3 nitrogen and oxygen atoms in total. The maximum absolute atomic E-state index is 11.9. The molecule has 0 amide bonds. The molecule has 20 heavy (non-hydrogen) atoms. The molecule has 0 atom stereocenters. The molecule has 0 radical (unpaired) electrons. The first kappa shape index (κ1) is 14.6. The highest BCUT2D eigenvalue weighted by Gasteiger charge is 2.21. The number of anilines is 1. The number of esters is 1. The summed E-state index contributed by atoms with van der Waals surface area (Å²) in [5.41, 5.74) is 11.1. The molecule has 1 aromatic heterocycles. The summed E-state index contributed by atoms with van der Waals surface area (Å²) < 4.78 is 5.05. The van der Waals surface area contributed by atoms with Gasteiger partial charge in [0.15, 0.2) is 0 Å². The highest BCUT2D eigenvalue weighted by atomic mass is 32.1. The van der Waals surface area contributed by atoms with E-state index >= 15 is 0 Å². The van der Waals surface area contributed by atoms with Crippen LogP contribution >= 0.6 is 11.3 Å². The minimum atomic E-state index is -0.339. The second-order valence-electron chi connectivity index (χ2n) is 4.84. The van der Waals surface area contributed by atoms with Gasteiger partial charge >= 0.3 is 5.97 Å². The topological polar surface area (TPSA) is 52.3 Å². The predicted molar refractivity (Wildman–Crippen MR) is 84.3 cm³/mol. The van der Waals surface area contributed by atoms with Gasteiger partial charge in [-0.2, -0.15) is 0 Å². The van der Waals surface area contributed by atoms with Gasteiger partial charge in [0, 0.05) is 4.88 Å². The zero-order chi connectivity index (χ0) is 14.9. The van der Waals surface area contributed by atoms with Gasteiger partial charge in [0.1, 0.15) is 4.88 Å². The third-order valence-electron chi connectivity index (χ3n) is 3.28. The van der Waals surface area contributed by atoms with Crippen LogP contribution in [0.3, 0.4) is 0 Å². The number of nitrogens with two attached hydrogens (primary N) is 1. The van der Waals surface area contributed by atoms with Crippen molar-refractivity contribution >= 4 is 23.0 Å². The number of rotatable bonds is 3. The highest BCUT2D eigenvalue weighted by Crippen LogP contribution is 2.39. The average molecular weight is 289 g/mol. The lowest BCUT2D eigenvalue weighted by Gasteiger charge is -2.06. The van der Waals surface area contributed by atoms with Gasteiger partial charge in [0.2, 0.25) is 0 Å².